The van der Waals surface area contributed by atoms with Crippen molar-refractivity contribution in [1.29, 1.82) is 0 Å². The number of phenols is 1. The highest BCUT2D eigenvalue weighted by atomic mass is 16.5. The van der Waals surface area contributed by atoms with Gasteiger partial charge in [0.2, 0.25) is 0 Å². The lowest BCUT2D eigenvalue weighted by Crippen LogP contribution is -2.01. The van der Waals surface area contributed by atoms with Crippen molar-refractivity contribution in [1.82, 2.24) is 0 Å². The van der Waals surface area contributed by atoms with E-state index in [1.165, 1.54) is 13.2 Å². The summed E-state index contributed by atoms with van der Waals surface area (Å²) in [5.41, 5.74) is 0.253. The molecule has 0 saturated carbocycles. The first-order valence-corrected chi connectivity index (χ1v) is 5.85. The number of ether oxygens (including phenoxy) is 1. The van der Waals surface area contributed by atoms with E-state index >= 15 is 0 Å². The summed E-state index contributed by atoms with van der Waals surface area (Å²) in [6.07, 6.45) is 0. The first-order chi connectivity index (χ1) is 9.19. The van der Waals surface area contributed by atoms with Gasteiger partial charge in [0.05, 0.1) is 12.7 Å². The zero-order valence-corrected chi connectivity index (χ0v) is 11.0. The van der Waals surface area contributed by atoms with Crippen LogP contribution in [0.3, 0.4) is 0 Å². The zero-order valence-electron chi connectivity index (χ0n) is 11.0. The van der Waals surface area contributed by atoms with Gasteiger partial charge in [-0.15, -0.1) is 4.91 Å². The molecule has 0 heterocycles. The predicted octanol–water partition coefficient (Wildman–Crippen LogP) is 3.76. The van der Waals surface area contributed by atoms with Gasteiger partial charge >= 0.3 is 5.97 Å². The molecule has 0 fully saturated rings. The van der Waals surface area contributed by atoms with Crippen molar-refractivity contribution in [2.75, 3.05) is 7.11 Å². The van der Waals surface area contributed by atoms with Gasteiger partial charge in [-0.2, -0.15) is 0 Å². The lowest BCUT2D eigenvalue weighted by atomic mass is 10.0. The maximum absolute atomic E-state index is 11.5. The Labute approximate surface area is 110 Å². The minimum absolute atomic E-state index is 0.0757. The summed E-state index contributed by atoms with van der Waals surface area (Å²) < 4.78 is 4.64. The number of nitrogens with zero attached hydrogens (tertiary/aromatic N) is 1. The van der Waals surface area contributed by atoms with Crippen molar-refractivity contribution in [3.8, 4) is 5.75 Å². The fourth-order valence-electron chi connectivity index (χ4n) is 1.71. The third kappa shape index (κ3) is 2.70. The topological polar surface area (TPSA) is 76.0 Å². The van der Waals surface area contributed by atoms with E-state index in [0.29, 0.717) is 16.3 Å². The number of rotatable bonds is 2. The zero-order chi connectivity index (χ0) is 14.4. The minimum Gasteiger partial charge on any atom is -0.506 e. The fourth-order valence-corrected chi connectivity index (χ4v) is 1.71. The molecule has 0 saturated heterocycles. The Morgan fingerprint density at radius 2 is 1.84 bits per heavy atom. The lowest BCUT2D eigenvalue weighted by molar-refractivity contribution is 0.0603. The number of nitroso groups, excluding NO2 is 1. The van der Waals surface area contributed by atoms with E-state index in [1.54, 1.807) is 24.3 Å². The molecule has 0 aliphatic carbocycles. The van der Waals surface area contributed by atoms with Crippen molar-refractivity contribution >= 4 is 22.4 Å². The molecule has 1 N–H and O–H groups in total. The van der Waals surface area contributed by atoms with Crippen LogP contribution in [-0.4, -0.2) is 18.2 Å². The summed E-state index contributed by atoms with van der Waals surface area (Å²) >= 11 is 0. The standard InChI is InChI=1S/C12H9NO4.C2H6/c1-17-12(15)9-4-2-3-8-7(9)5-6-10(14)11(8)13-16;1-2/h2-6,14H,1H3;1-2H3. The van der Waals surface area contributed by atoms with Gasteiger partial charge < -0.3 is 9.84 Å². The maximum Gasteiger partial charge on any atom is 0.338 e. The summed E-state index contributed by atoms with van der Waals surface area (Å²) in [7, 11) is 1.28. The largest absolute Gasteiger partial charge is 0.506 e. The van der Waals surface area contributed by atoms with Crippen LogP contribution in [0.2, 0.25) is 0 Å². The van der Waals surface area contributed by atoms with Crippen molar-refractivity contribution in [2.24, 2.45) is 5.18 Å². The number of phenolic OH excluding ortho intramolecular Hbond substituents is 1. The highest BCUT2D eigenvalue weighted by Gasteiger charge is 2.14. The van der Waals surface area contributed by atoms with Gasteiger partial charge in [0, 0.05) is 5.39 Å². The fraction of sp³-hybridized carbons (Fsp3) is 0.214. The van der Waals surface area contributed by atoms with Crippen LogP contribution >= 0.6 is 0 Å². The number of hydrogen-bond acceptors (Lipinski definition) is 5. The summed E-state index contributed by atoms with van der Waals surface area (Å²) in [4.78, 5) is 22.2. The highest BCUT2D eigenvalue weighted by Crippen LogP contribution is 2.36. The SMILES string of the molecule is CC.COC(=O)c1cccc2c(N=O)c(O)ccc12. The average Bonchev–Trinajstić information content (AvgIpc) is 2.47. The number of carbonyl (C=O) groups is 1. The Morgan fingerprint density at radius 1 is 1.16 bits per heavy atom. The third-order valence-electron chi connectivity index (χ3n) is 2.51. The van der Waals surface area contributed by atoms with Crippen molar-refractivity contribution in [3.05, 3.63) is 40.8 Å². The smallest absolute Gasteiger partial charge is 0.338 e. The van der Waals surface area contributed by atoms with E-state index in [2.05, 4.69) is 9.91 Å². The van der Waals surface area contributed by atoms with Gasteiger partial charge in [0.1, 0.15) is 5.75 Å². The minimum atomic E-state index is -0.502. The molecule has 2 rings (SSSR count). The number of fused-ring (bicyclic) bond motifs is 1. The van der Waals surface area contributed by atoms with Crippen molar-refractivity contribution in [2.45, 2.75) is 13.8 Å². The molecule has 0 bridgehead atoms. The van der Waals surface area contributed by atoms with Gasteiger partial charge in [-0.3, -0.25) is 0 Å². The van der Waals surface area contributed by atoms with E-state index < -0.39 is 5.97 Å². The Balaban J connectivity index is 0.000000861. The second-order valence-electron chi connectivity index (χ2n) is 3.42. The molecule has 2 aromatic carbocycles. The van der Waals surface area contributed by atoms with E-state index in [4.69, 9.17) is 0 Å². The number of benzene rings is 2. The summed E-state index contributed by atoms with van der Waals surface area (Å²) in [5, 5.41) is 13.2. The van der Waals surface area contributed by atoms with Gasteiger partial charge in [-0.25, -0.2) is 4.79 Å². The van der Waals surface area contributed by atoms with Crippen LogP contribution in [0, 0.1) is 4.91 Å². The number of methoxy groups -OCH3 is 1. The number of carbonyl (C=O) groups excluding carboxylic acids is 1. The first kappa shape index (κ1) is 14.6. The Morgan fingerprint density at radius 3 is 2.42 bits per heavy atom. The molecule has 19 heavy (non-hydrogen) atoms. The van der Waals surface area contributed by atoms with Crippen LogP contribution in [0.5, 0.6) is 5.75 Å². The predicted molar refractivity (Wildman–Crippen MR) is 73.8 cm³/mol. The molecule has 2 aromatic rings. The number of esters is 1. The second-order valence-corrected chi connectivity index (χ2v) is 3.42. The molecule has 0 aliphatic heterocycles. The summed E-state index contributed by atoms with van der Waals surface area (Å²) in [5.74, 6) is -0.715. The quantitative estimate of drug-likeness (QED) is 0.659. The third-order valence-corrected chi connectivity index (χ3v) is 2.51. The van der Waals surface area contributed by atoms with Crippen LogP contribution < -0.4 is 0 Å². The molecule has 5 nitrogen and oxygen atoms in total. The summed E-state index contributed by atoms with van der Waals surface area (Å²) in [6, 6.07) is 7.66. The van der Waals surface area contributed by atoms with Crippen LogP contribution in [-0.2, 0) is 4.74 Å². The van der Waals surface area contributed by atoms with Crippen LogP contribution in [0.25, 0.3) is 10.8 Å². The second kappa shape index (κ2) is 6.49. The Hall–Kier alpha value is -2.43. The molecule has 0 amide bonds. The van der Waals surface area contributed by atoms with Crippen LogP contribution in [0.1, 0.15) is 24.2 Å². The van der Waals surface area contributed by atoms with E-state index in [0.717, 1.165) is 0 Å². The molecule has 0 radical (unpaired) electrons. The Bertz CT molecular complexity index is 608. The number of hydrogen-bond donors (Lipinski definition) is 1. The molecule has 0 aliphatic rings. The van der Waals surface area contributed by atoms with Gasteiger partial charge in [-0.05, 0) is 28.8 Å². The van der Waals surface area contributed by atoms with E-state index in [1.807, 2.05) is 13.8 Å². The molecule has 0 spiro atoms. The van der Waals surface area contributed by atoms with E-state index in [-0.39, 0.29) is 11.4 Å². The van der Waals surface area contributed by atoms with Gasteiger partial charge in [0.25, 0.3) is 0 Å². The van der Waals surface area contributed by atoms with E-state index in [9.17, 15) is 14.8 Å². The monoisotopic (exact) mass is 261 g/mol. The maximum atomic E-state index is 11.5. The molecular weight excluding hydrogens is 246 g/mol. The van der Waals surface area contributed by atoms with Crippen molar-refractivity contribution < 1.29 is 14.6 Å². The van der Waals surface area contributed by atoms with Crippen LogP contribution in [0.15, 0.2) is 35.5 Å². The molecule has 0 aromatic heterocycles. The Kier molecular flexibility index (Phi) is 5.00. The van der Waals surface area contributed by atoms with Crippen molar-refractivity contribution in [3.63, 3.8) is 0 Å². The first-order valence-electron chi connectivity index (χ1n) is 5.85. The van der Waals surface area contributed by atoms with Gasteiger partial charge in [0.15, 0.2) is 5.69 Å². The summed E-state index contributed by atoms with van der Waals surface area (Å²) in [6.45, 7) is 4.00. The normalized spacial score (nSPS) is 9.42. The molecule has 5 heteroatoms. The highest BCUT2D eigenvalue weighted by molar-refractivity contribution is 6.08. The van der Waals surface area contributed by atoms with Gasteiger partial charge in [-0.1, -0.05) is 26.0 Å². The average molecular weight is 261 g/mol. The van der Waals surface area contributed by atoms with Crippen LogP contribution in [0.4, 0.5) is 5.69 Å². The molecule has 0 unspecified atom stereocenters. The number of aromatic hydroxyl groups is 1. The molecule has 100 valence electrons. The molecule has 0 atom stereocenters. The lowest BCUT2D eigenvalue weighted by Gasteiger charge is -2.06. The molecular formula is C14H15NO4.